The van der Waals surface area contributed by atoms with Crippen molar-refractivity contribution in [1.82, 2.24) is 19.6 Å². The molecule has 178 valence electrons. The summed E-state index contributed by atoms with van der Waals surface area (Å²) in [6.45, 7) is 0.630. The number of carbonyl (C=O) groups excluding carboxylic acids is 2. The lowest BCUT2D eigenvalue weighted by Gasteiger charge is -2.51. The molecule has 8 nitrogen and oxygen atoms in total. The number of amides is 3. The van der Waals surface area contributed by atoms with Crippen LogP contribution >= 0.6 is 0 Å². The summed E-state index contributed by atoms with van der Waals surface area (Å²) in [5.41, 5.74) is 0.663. The molecule has 1 saturated heterocycles. The van der Waals surface area contributed by atoms with Crippen molar-refractivity contribution in [3.8, 4) is 0 Å². The van der Waals surface area contributed by atoms with Gasteiger partial charge in [-0.05, 0) is 45.3 Å². The molecule has 1 aromatic carbocycles. The van der Waals surface area contributed by atoms with Crippen molar-refractivity contribution in [2.24, 2.45) is 0 Å². The number of carbonyl (C=O) groups is 2. The van der Waals surface area contributed by atoms with Crippen LogP contribution in [-0.2, 0) is 20.2 Å². The number of rotatable bonds is 7. The minimum Gasteiger partial charge on any atom is -0.347 e. The van der Waals surface area contributed by atoms with Gasteiger partial charge in [0.15, 0.2) is 0 Å². The molecule has 9 heteroatoms. The topological polar surface area (TPSA) is 81.2 Å². The first-order chi connectivity index (χ1) is 14.9. The molecular weight excluding hydrogens is 428 g/mol. The van der Waals surface area contributed by atoms with E-state index in [-0.39, 0.29) is 36.3 Å². The van der Waals surface area contributed by atoms with Crippen molar-refractivity contribution < 1.29 is 18.0 Å². The van der Waals surface area contributed by atoms with Gasteiger partial charge in [-0.2, -0.15) is 0 Å². The predicted octanol–water partition coefficient (Wildman–Crippen LogP) is 1.63. The van der Waals surface area contributed by atoms with Crippen LogP contribution in [0.15, 0.2) is 30.3 Å². The zero-order chi connectivity index (χ0) is 23.7. The summed E-state index contributed by atoms with van der Waals surface area (Å²) in [5.74, 6) is -0.203. The highest BCUT2D eigenvalue weighted by molar-refractivity contribution is 7.90. The van der Waals surface area contributed by atoms with E-state index in [4.69, 9.17) is 0 Å². The molecule has 3 rings (SSSR count). The first kappa shape index (κ1) is 24.5. The second-order valence-corrected chi connectivity index (χ2v) is 12.0. The van der Waals surface area contributed by atoms with Crippen LogP contribution in [0.25, 0.3) is 0 Å². The molecule has 0 atom stereocenters. The third kappa shape index (κ3) is 4.78. The van der Waals surface area contributed by atoms with E-state index in [2.05, 4.69) is 43.3 Å². The van der Waals surface area contributed by atoms with Crippen LogP contribution in [0, 0.1) is 0 Å². The number of sulfone groups is 1. The summed E-state index contributed by atoms with van der Waals surface area (Å²) in [4.78, 5) is 32.9. The molecule has 32 heavy (non-hydrogen) atoms. The van der Waals surface area contributed by atoms with E-state index in [1.54, 1.807) is 23.9 Å². The van der Waals surface area contributed by atoms with Gasteiger partial charge in [0, 0.05) is 39.0 Å². The standard InChI is InChI=1S/C23H36N4O4S/c1-24(2)20(28)17-27-21(29)26(15-16-32(5,30)31)18-22(27)11-13-23(14-12-22,25(3)4)19-9-7-6-8-10-19/h6-10H,11-18H2,1-5H3. The zero-order valence-electron chi connectivity index (χ0n) is 19.9. The first-order valence-electron chi connectivity index (χ1n) is 11.1. The Balaban J connectivity index is 1.88. The van der Waals surface area contributed by atoms with Crippen molar-refractivity contribution in [3.63, 3.8) is 0 Å². The van der Waals surface area contributed by atoms with E-state index < -0.39 is 15.4 Å². The van der Waals surface area contributed by atoms with E-state index in [0.29, 0.717) is 6.54 Å². The maximum atomic E-state index is 13.3. The Morgan fingerprint density at radius 2 is 1.62 bits per heavy atom. The molecule has 0 radical (unpaired) electrons. The molecule has 1 aliphatic heterocycles. The molecule has 1 spiro atoms. The lowest BCUT2D eigenvalue weighted by molar-refractivity contribution is -0.130. The van der Waals surface area contributed by atoms with Crippen molar-refractivity contribution in [3.05, 3.63) is 35.9 Å². The van der Waals surface area contributed by atoms with Crippen LogP contribution in [0.5, 0.6) is 0 Å². The molecule has 0 aromatic heterocycles. The summed E-state index contributed by atoms with van der Waals surface area (Å²) in [5, 5.41) is 0. The highest BCUT2D eigenvalue weighted by Crippen LogP contribution is 2.48. The van der Waals surface area contributed by atoms with Crippen LogP contribution in [-0.4, -0.2) is 105 Å². The molecule has 0 unspecified atom stereocenters. The van der Waals surface area contributed by atoms with Crippen molar-refractivity contribution in [2.75, 3.05) is 59.8 Å². The fourth-order valence-electron chi connectivity index (χ4n) is 5.14. The quantitative estimate of drug-likeness (QED) is 0.613. The molecular formula is C23H36N4O4S. The van der Waals surface area contributed by atoms with Gasteiger partial charge in [-0.3, -0.25) is 9.69 Å². The smallest absolute Gasteiger partial charge is 0.321 e. The molecule has 1 aromatic rings. The van der Waals surface area contributed by atoms with Crippen molar-refractivity contribution in [2.45, 2.75) is 36.8 Å². The van der Waals surface area contributed by atoms with Gasteiger partial charge in [-0.25, -0.2) is 13.2 Å². The number of benzene rings is 1. The van der Waals surface area contributed by atoms with Gasteiger partial charge in [0.1, 0.15) is 16.4 Å². The average Bonchev–Trinajstić information content (AvgIpc) is 2.98. The van der Waals surface area contributed by atoms with Gasteiger partial charge in [-0.15, -0.1) is 0 Å². The van der Waals surface area contributed by atoms with Crippen LogP contribution in [0.1, 0.15) is 31.2 Å². The van der Waals surface area contributed by atoms with Gasteiger partial charge < -0.3 is 14.7 Å². The number of hydrogen-bond donors (Lipinski definition) is 0. The first-order valence-corrected chi connectivity index (χ1v) is 13.1. The number of hydrogen-bond acceptors (Lipinski definition) is 5. The molecule has 1 heterocycles. The Labute approximate surface area is 192 Å². The van der Waals surface area contributed by atoms with Gasteiger partial charge in [0.2, 0.25) is 5.91 Å². The van der Waals surface area contributed by atoms with Gasteiger partial charge in [0.25, 0.3) is 0 Å². The van der Waals surface area contributed by atoms with Crippen molar-refractivity contribution in [1.29, 1.82) is 0 Å². The second-order valence-electron chi connectivity index (χ2n) is 9.72. The van der Waals surface area contributed by atoms with E-state index in [1.807, 2.05) is 6.07 Å². The van der Waals surface area contributed by atoms with E-state index in [9.17, 15) is 18.0 Å². The van der Waals surface area contributed by atoms with Gasteiger partial charge in [0.05, 0.1) is 11.3 Å². The summed E-state index contributed by atoms with van der Waals surface area (Å²) in [6.07, 6.45) is 4.39. The Morgan fingerprint density at radius 1 is 1.03 bits per heavy atom. The molecule has 1 saturated carbocycles. The highest BCUT2D eigenvalue weighted by atomic mass is 32.2. The lowest BCUT2D eigenvalue weighted by atomic mass is 9.68. The van der Waals surface area contributed by atoms with Crippen LogP contribution < -0.4 is 0 Å². The zero-order valence-corrected chi connectivity index (χ0v) is 20.7. The van der Waals surface area contributed by atoms with Crippen LogP contribution in [0.3, 0.4) is 0 Å². The van der Waals surface area contributed by atoms with Gasteiger partial charge >= 0.3 is 6.03 Å². The summed E-state index contributed by atoms with van der Waals surface area (Å²) in [7, 11) is 4.37. The SMILES string of the molecule is CN(C)C(=O)CN1C(=O)N(CCS(C)(=O)=O)CC12CCC(c1ccccc1)(N(C)C)CC2. The van der Waals surface area contributed by atoms with Crippen molar-refractivity contribution >= 4 is 21.8 Å². The number of nitrogens with zero attached hydrogens (tertiary/aromatic N) is 4. The fourth-order valence-corrected chi connectivity index (χ4v) is 5.70. The minimum absolute atomic E-state index is 0.0154. The summed E-state index contributed by atoms with van der Waals surface area (Å²) < 4.78 is 23.4. The fraction of sp³-hybridized carbons (Fsp3) is 0.652. The summed E-state index contributed by atoms with van der Waals surface area (Å²) in [6, 6.07) is 10.2. The number of likely N-dealkylation sites (N-methyl/N-ethyl adjacent to an activating group) is 1. The van der Waals surface area contributed by atoms with Crippen LogP contribution in [0.4, 0.5) is 4.79 Å². The van der Waals surface area contributed by atoms with Crippen LogP contribution in [0.2, 0.25) is 0 Å². The maximum Gasteiger partial charge on any atom is 0.321 e. The normalized spacial score (nSPS) is 26.2. The predicted molar refractivity (Wildman–Crippen MR) is 125 cm³/mol. The molecule has 2 fully saturated rings. The third-order valence-corrected chi connectivity index (χ3v) is 8.18. The third-order valence-electron chi connectivity index (χ3n) is 7.26. The molecule has 1 aliphatic carbocycles. The Morgan fingerprint density at radius 3 is 2.12 bits per heavy atom. The molecule has 2 aliphatic rings. The summed E-state index contributed by atoms with van der Waals surface area (Å²) >= 11 is 0. The lowest BCUT2D eigenvalue weighted by Crippen LogP contribution is -2.57. The number of urea groups is 1. The highest BCUT2D eigenvalue weighted by Gasteiger charge is 2.54. The Kier molecular flexibility index (Phi) is 6.91. The van der Waals surface area contributed by atoms with E-state index in [1.165, 1.54) is 16.7 Å². The molecule has 0 N–H and O–H groups in total. The Hall–Kier alpha value is -2.13. The Bertz CT molecular complexity index is 938. The van der Waals surface area contributed by atoms with E-state index >= 15 is 0 Å². The largest absolute Gasteiger partial charge is 0.347 e. The monoisotopic (exact) mass is 464 g/mol. The second kappa shape index (κ2) is 9.02. The molecule has 3 amide bonds. The average molecular weight is 465 g/mol. The maximum absolute atomic E-state index is 13.3. The van der Waals surface area contributed by atoms with E-state index in [0.717, 1.165) is 25.7 Å². The minimum atomic E-state index is -3.19. The molecule has 0 bridgehead atoms. The van der Waals surface area contributed by atoms with Gasteiger partial charge in [-0.1, -0.05) is 30.3 Å².